The van der Waals surface area contributed by atoms with E-state index in [0.29, 0.717) is 69.8 Å². The highest BCUT2D eigenvalue weighted by Gasteiger charge is 2.28. The number of aromatic nitrogens is 3. The van der Waals surface area contributed by atoms with Crippen LogP contribution in [0.15, 0.2) is 24.3 Å². The largest absolute Gasteiger partial charge is 0.381 e. The lowest BCUT2D eigenvalue weighted by atomic mass is 9.98. The van der Waals surface area contributed by atoms with E-state index in [1.54, 1.807) is 29.2 Å². The van der Waals surface area contributed by atoms with Crippen LogP contribution in [0.5, 0.6) is 0 Å². The number of nitrogens with one attached hydrogen (secondary N) is 2. The number of morpholine rings is 1. The van der Waals surface area contributed by atoms with Gasteiger partial charge in [0.15, 0.2) is 11.5 Å². The van der Waals surface area contributed by atoms with Crippen molar-refractivity contribution in [1.82, 2.24) is 25.4 Å². The maximum absolute atomic E-state index is 12.7. The highest BCUT2D eigenvalue weighted by Crippen LogP contribution is 2.23. The zero-order valence-corrected chi connectivity index (χ0v) is 21.8. The summed E-state index contributed by atoms with van der Waals surface area (Å²) >= 11 is 0. The molecule has 1 atom stereocenters. The van der Waals surface area contributed by atoms with Crippen molar-refractivity contribution in [2.45, 2.75) is 31.7 Å². The van der Waals surface area contributed by atoms with Crippen LogP contribution in [0.25, 0.3) is 0 Å². The highest BCUT2D eigenvalue weighted by molar-refractivity contribution is 5.97. The monoisotopic (exact) mass is 538 g/mol. The summed E-state index contributed by atoms with van der Waals surface area (Å²) in [5.41, 5.74) is 6.62. The molecular formula is C26H34N8O5. The molecule has 0 bridgehead atoms. The van der Waals surface area contributed by atoms with Crippen molar-refractivity contribution in [2.24, 2.45) is 11.7 Å². The average molecular weight is 539 g/mol. The molecule has 208 valence electrons. The third-order valence-electron chi connectivity index (χ3n) is 7.24. The highest BCUT2D eigenvalue weighted by atomic mass is 16.5. The normalized spacial score (nSPS) is 20.4. The number of hydrogen-bond acceptors (Lipinski definition) is 10. The van der Waals surface area contributed by atoms with Gasteiger partial charge in [-0.2, -0.15) is 4.98 Å². The number of nitrogens with two attached hydrogens (primary N) is 1. The van der Waals surface area contributed by atoms with Gasteiger partial charge < -0.3 is 35.6 Å². The fourth-order valence-corrected chi connectivity index (χ4v) is 5.04. The van der Waals surface area contributed by atoms with Crippen LogP contribution in [-0.4, -0.2) is 96.5 Å². The third kappa shape index (κ3) is 6.60. The van der Waals surface area contributed by atoms with Crippen molar-refractivity contribution in [3.8, 4) is 0 Å². The van der Waals surface area contributed by atoms with Gasteiger partial charge in [-0.05, 0) is 49.9 Å². The van der Waals surface area contributed by atoms with Gasteiger partial charge in [0.1, 0.15) is 0 Å². The molecule has 3 fully saturated rings. The molecule has 0 saturated carbocycles. The number of amides is 3. The topological polar surface area (TPSA) is 165 Å². The minimum Gasteiger partial charge on any atom is -0.381 e. The minimum atomic E-state index is -0.761. The van der Waals surface area contributed by atoms with E-state index in [-0.39, 0.29) is 35.3 Å². The Kier molecular flexibility index (Phi) is 8.47. The van der Waals surface area contributed by atoms with Crippen LogP contribution >= 0.6 is 0 Å². The summed E-state index contributed by atoms with van der Waals surface area (Å²) < 4.78 is 10.7. The van der Waals surface area contributed by atoms with E-state index >= 15 is 0 Å². The van der Waals surface area contributed by atoms with E-state index in [9.17, 15) is 14.4 Å². The zero-order chi connectivity index (χ0) is 27.2. The van der Waals surface area contributed by atoms with Crippen LogP contribution < -0.4 is 21.3 Å². The predicted molar refractivity (Wildman–Crippen MR) is 142 cm³/mol. The van der Waals surface area contributed by atoms with Gasteiger partial charge in [-0.15, -0.1) is 10.2 Å². The van der Waals surface area contributed by atoms with Crippen molar-refractivity contribution >= 4 is 35.2 Å². The van der Waals surface area contributed by atoms with Crippen LogP contribution in [0, 0.1) is 5.92 Å². The molecule has 13 nitrogen and oxygen atoms in total. The van der Waals surface area contributed by atoms with Crippen LogP contribution in [-0.2, 0) is 14.3 Å². The predicted octanol–water partition coefficient (Wildman–Crippen LogP) is 0.698. The second-order valence-corrected chi connectivity index (χ2v) is 9.96. The second-order valence-electron chi connectivity index (χ2n) is 9.96. The molecular weight excluding hydrogens is 504 g/mol. The standard InChI is InChI=1S/C26H34N8O5/c27-22(35)21-23(28-19-5-3-18(4-6-19)25(37)33-10-14-39-15-11-33)30-26(32-31-21)34-9-1-2-20(16-34)29-24(36)17-7-12-38-13-8-17/h3-6,17,20H,1-2,7-16H2,(H2,27,35)(H,29,36)(H,28,30,32)/t20-/m1/s1. The number of nitrogens with zero attached hydrogens (tertiary/aromatic N) is 5. The van der Waals surface area contributed by atoms with Gasteiger partial charge in [0.25, 0.3) is 11.8 Å². The molecule has 0 aliphatic carbocycles. The number of piperidine rings is 1. The van der Waals surface area contributed by atoms with Gasteiger partial charge in [-0.25, -0.2) is 0 Å². The fraction of sp³-hybridized carbons (Fsp3) is 0.538. The van der Waals surface area contributed by atoms with Gasteiger partial charge in [0.05, 0.1) is 13.2 Å². The van der Waals surface area contributed by atoms with Crippen molar-refractivity contribution < 1.29 is 23.9 Å². The molecule has 0 unspecified atom stereocenters. The Morgan fingerprint density at radius 3 is 2.36 bits per heavy atom. The Morgan fingerprint density at radius 2 is 1.64 bits per heavy atom. The Labute approximate surface area is 226 Å². The van der Waals surface area contributed by atoms with Gasteiger partial charge in [0, 0.05) is 62.6 Å². The molecule has 2 aromatic rings. The molecule has 13 heteroatoms. The maximum Gasteiger partial charge on any atom is 0.273 e. The summed E-state index contributed by atoms with van der Waals surface area (Å²) in [6.45, 7) is 4.64. The first-order valence-electron chi connectivity index (χ1n) is 13.4. The third-order valence-corrected chi connectivity index (χ3v) is 7.24. The summed E-state index contributed by atoms with van der Waals surface area (Å²) in [7, 11) is 0. The lowest BCUT2D eigenvalue weighted by molar-refractivity contribution is -0.128. The fourth-order valence-electron chi connectivity index (χ4n) is 5.04. The molecule has 3 aliphatic rings. The molecule has 1 aromatic heterocycles. The van der Waals surface area contributed by atoms with Gasteiger partial charge in [-0.1, -0.05) is 0 Å². The first-order chi connectivity index (χ1) is 19.0. The SMILES string of the molecule is NC(=O)c1nnc(N2CCC[C@@H](NC(=O)C3CCOCC3)C2)nc1Nc1ccc(C(=O)N2CCOCC2)cc1. The van der Waals surface area contributed by atoms with Crippen molar-refractivity contribution in [3.05, 3.63) is 35.5 Å². The molecule has 4 N–H and O–H groups in total. The van der Waals surface area contributed by atoms with Gasteiger partial charge in [0.2, 0.25) is 11.9 Å². The molecule has 0 radical (unpaired) electrons. The second kappa shape index (κ2) is 12.3. The zero-order valence-electron chi connectivity index (χ0n) is 21.8. The summed E-state index contributed by atoms with van der Waals surface area (Å²) in [5.74, 6) is -0.264. The van der Waals surface area contributed by atoms with Gasteiger partial charge >= 0.3 is 0 Å². The number of rotatable bonds is 7. The number of anilines is 3. The van der Waals surface area contributed by atoms with Crippen LogP contribution in [0.3, 0.4) is 0 Å². The minimum absolute atomic E-state index is 0.0201. The van der Waals surface area contributed by atoms with E-state index in [1.165, 1.54) is 0 Å². The van der Waals surface area contributed by atoms with Crippen molar-refractivity contribution in [3.63, 3.8) is 0 Å². The lowest BCUT2D eigenvalue weighted by Crippen LogP contribution is -2.50. The van der Waals surface area contributed by atoms with Crippen molar-refractivity contribution in [1.29, 1.82) is 0 Å². The molecule has 39 heavy (non-hydrogen) atoms. The average Bonchev–Trinajstić information content (AvgIpc) is 2.98. The van der Waals surface area contributed by atoms with Gasteiger partial charge in [-0.3, -0.25) is 14.4 Å². The maximum atomic E-state index is 12.7. The smallest absolute Gasteiger partial charge is 0.273 e. The molecule has 3 aliphatic heterocycles. The molecule has 1 aromatic carbocycles. The molecule has 3 saturated heterocycles. The van der Waals surface area contributed by atoms with E-state index in [1.807, 2.05) is 4.90 Å². The first kappa shape index (κ1) is 26.8. The quantitative estimate of drug-likeness (QED) is 0.457. The Morgan fingerprint density at radius 1 is 0.923 bits per heavy atom. The Hall–Kier alpha value is -3.84. The number of benzene rings is 1. The molecule has 4 heterocycles. The Bertz CT molecular complexity index is 1180. The number of primary amides is 1. The van der Waals surface area contributed by atoms with Crippen LogP contribution in [0.1, 0.15) is 46.5 Å². The molecule has 3 amide bonds. The van der Waals surface area contributed by atoms with E-state index < -0.39 is 5.91 Å². The van der Waals surface area contributed by atoms with Crippen LogP contribution in [0.2, 0.25) is 0 Å². The van der Waals surface area contributed by atoms with Crippen LogP contribution in [0.4, 0.5) is 17.5 Å². The van der Waals surface area contributed by atoms with E-state index in [4.69, 9.17) is 15.2 Å². The summed E-state index contributed by atoms with van der Waals surface area (Å²) in [4.78, 5) is 45.8. The summed E-state index contributed by atoms with van der Waals surface area (Å²) in [6.07, 6.45) is 3.18. The number of ether oxygens (including phenoxy) is 2. The number of carbonyl (C=O) groups excluding carboxylic acids is 3. The summed E-state index contributed by atoms with van der Waals surface area (Å²) in [5, 5.41) is 14.5. The molecule has 0 spiro atoms. The van der Waals surface area contributed by atoms with E-state index in [0.717, 1.165) is 25.7 Å². The Balaban J connectivity index is 1.26. The first-order valence-corrected chi connectivity index (χ1v) is 13.4. The summed E-state index contributed by atoms with van der Waals surface area (Å²) in [6, 6.07) is 6.87. The number of hydrogen-bond donors (Lipinski definition) is 3. The lowest BCUT2D eigenvalue weighted by Gasteiger charge is -2.34. The molecule has 5 rings (SSSR count). The van der Waals surface area contributed by atoms with E-state index in [2.05, 4.69) is 25.8 Å². The number of carbonyl (C=O) groups is 3. The van der Waals surface area contributed by atoms with Crippen molar-refractivity contribution in [2.75, 3.05) is 62.8 Å².